The molecule has 0 aromatic rings. The third-order valence-electron chi connectivity index (χ3n) is 1.37. The molecule has 0 aliphatic carbocycles. The topological polar surface area (TPSA) is 12.0 Å². The minimum atomic E-state index is 0.171. The average Bonchev–Trinajstić information content (AvgIpc) is 1.91. The van der Waals surface area contributed by atoms with E-state index in [2.05, 4.69) is 18.2 Å². The number of hydrogen-bond donors (Lipinski definition) is 1. The van der Waals surface area contributed by atoms with Crippen molar-refractivity contribution in [2.45, 2.75) is 32.2 Å². The molecule has 0 aliphatic heterocycles. The van der Waals surface area contributed by atoms with E-state index in [4.69, 9.17) is 6.42 Å². The lowest BCUT2D eigenvalue weighted by Crippen LogP contribution is -2.22. The highest BCUT2D eigenvalue weighted by Gasteiger charge is 1.97. The van der Waals surface area contributed by atoms with Gasteiger partial charge in [-0.15, -0.1) is 0 Å². The second kappa shape index (κ2) is 5.65. The molecule has 1 N–H and O–H groups in total. The molecule has 9 heavy (non-hydrogen) atoms. The predicted molar refractivity (Wildman–Crippen MR) is 39.5 cm³/mol. The molecule has 1 unspecified atom stereocenters. The van der Waals surface area contributed by atoms with Gasteiger partial charge in [-0.1, -0.05) is 25.7 Å². The Morgan fingerprint density at radius 2 is 2.33 bits per heavy atom. The number of unbranched alkanes of at least 4 members (excludes halogenated alkanes) is 1. The van der Waals surface area contributed by atoms with Crippen LogP contribution in [0.5, 0.6) is 0 Å². The zero-order valence-corrected chi connectivity index (χ0v) is 6.20. The van der Waals surface area contributed by atoms with Crippen molar-refractivity contribution in [2.75, 3.05) is 7.05 Å². The van der Waals surface area contributed by atoms with Gasteiger partial charge in [0.1, 0.15) is 0 Å². The van der Waals surface area contributed by atoms with E-state index in [1.165, 1.54) is 12.8 Å². The fraction of sp³-hybridized carbons (Fsp3) is 0.750. The molecule has 0 rings (SSSR count). The maximum atomic E-state index is 6.83. The fourth-order valence-electron chi connectivity index (χ4n) is 0.697. The van der Waals surface area contributed by atoms with Crippen LogP contribution in [0.4, 0.5) is 0 Å². The lowest BCUT2D eigenvalue weighted by molar-refractivity contribution is 0.592. The molecule has 0 aliphatic rings. The van der Waals surface area contributed by atoms with Gasteiger partial charge in [-0.25, -0.2) is 0 Å². The summed E-state index contributed by atoms with van der Waals surface area (Å²) in [7, 11) is 1.86. The van der Waals surface area contributed by atoms with E-state index in [0.717, 1.165) is 6.42 Å². The second-order valence-electron chi connectivity index (χ2n) is 2.13. The molecule has 0 fully saturated rings. The van der Waals surface area contributed by atoms with Crippen molar-refractivity contribution in [3.63, 3.8) is 0 Å². The molecule has 0 heterocycles. The summed E-state index contributed by atoms with van der Waals surface area (Å²) in [6, 6.07) is 0.171. The molecular weight excluding hydrogens is 110 g/mol. The van der Waals surface area contributed by atoms with Crippen molar-refractivity contribution < 1.29 is 0 Å². The van der Waals surface area contributed by atoms with Gasteiger partial charge in [0.2, 0.25) is 0 Å². The van der Waals surface area contributed by atoms with Gasteiger partial charge >= 0.3 is 0 Å². The third kappa shape index (κ3) is 4.05. The van der Waals surface area contributed by atoms with Crippen molar-refractivity contribution in [2.24, 2.45) is 0 Å². The molecule has 1 radical (unpaired) electrons. The standard InChI is InChI=1S/C8H14N/c1-4-6-7-8(5-2)9-3/h8-9H,4,6-7H2,1,3H3. The summed E-state index contributed by atoms with van der Waals surface area (Å²) in [6.45, 7) is 2.15. The second-order valence-corrected chi connectivity index (χ2v) is 2.13. The van der Waals surface area contributed by atoms with Gasteiger partial charge in [-0.2, -0.15) is 0 Å². The maximum Gasteiger partial charge on any atom is 0.0697 e. The van der Waals surface area contributed by atoms with E-state index < -0.39 is 0 Å². The van der Waals surface area contributed by atoms with Gasteiger partial charge in [0.25, 0.3) is 0 Å². The molecule has 0 bridgehead atoms. The van der Waals surface area contributed by atoms with Crippen LogP contribution in [0, 0.1) is 12.3 Å². The molecule has 0 aromatic heterocycles. The van der Waals surface area contributed by atoms with Gasteiger partial charge in [0.05, 0.1) is 6.04 Å². The van der Waals surface area contributed by atoms with E-state index >= 15 is 0 Å². The number of hydrogen-bond acceptors (Lipinski definition) is 1. The fourth-order valence-corrected chi connectivity index (χ4v) is 0.697. The smallest absolute Gasteiger partial charge is 0.0697 e. The Bertz CT molecular complexity index is 91.2. The minimum absolute atomic E-state index is 0.171. The average molecular weight is 124 g/mol. The number of rotatable bonds is 4. The monoisotopic (exact) mass is 124 g/mol. The van der Waals surface area contributed by atoms with Crippen molar-refractivity contribution in [3.8, 4) is 5.92 Å². The minimum Gasteiger partial charge on any atom is -0.307 e. The molecule has 1 nitrogen and oxygen atoms in total. The summed E-state index contributed by atoms with van der Waals surface area (Å²) in [5, 5.41) is 2.99. The molecule has 0 spiro atoms. The van der Waals surface area contributed by atoms with Gasteiger partial charge < -0.3 is 5.32 Å². The van der Waals surface area contributed by atoms with E-state index in [1.807, 2.05) is 7.05 Å². The summed E-state index contributed by atoms with van der Waals surface area (Å²) in [4.78, 5) is 0. The molecule has 0 amide bonds. The Morgan fingerprint density at radius 1 is 1.67 bits per heavy atom. The molecule has 0 saturated carbocycles. The van der Waals surface area contributed by atoms with Crippen LogP contribution in [0.1, 0.15) is 26.2 Å². The Labute approximate surface area is 57.8 Å². The highest BCUT2D eigenvalue weighted by Crippen LogP contribution is 1.97. The van der Waals surface area contributed by atoms with Crippen LogP contribution >= 0.6 is 0 Å². The van der Waals surface area contributed by atoms with E-state index in [-0.39, 0.29) is 6.04 Å². The highest BCUT2D eigenvalue weighted by molar-refractivity contribution is 4.92. The van der Waals surface area contributed by atoms with Crippen LogP contribution in [-0.2, 0) is 0 Å². The van der Waals surface area contributed by atoms with Gasteiger partial charge in [-0.3, -0.25) is 0 Å². The van der Waals surface area contributed by atoms with Crippen LogP contribution in [0.15, 0.2) is 0 Å². The van der Waals surface area contributed by atoms with E-state index in [1.54, 1.807) is 0 Å². The molecule has 0 saturated heterocycles. The summed E-state index contributed by atoms with van der Waals surface area (Å²) in [5.74, 6) is 2.43. The SMILES string of the molecule is [C]#CC(CCCC)NC. The zero-order chi connectivity index (χ0) is 7.11. The van der Waals surface area contributed by atoms with Gasteiger partial charge in [0, 0.05) is 0 Å². The first-order valence-electron chi connectivity index (χ1n) is 3.44. The summed E-state index contributed by atoms with van der Waals surface area (Å²) >= 11 is 0. The van der Waals surface area contributed by atoms with Gasteiger partial charge in [-0.05, 0) is 19.9 Å². The molecule has 51 valence electrons. The first-order chi connectivity index (χ1) is 4.35. The van der Waals surface area contributed by atoms with Crippen molar-refractivity contribution in [3.05, 3.63) is 6.42 Å². The molecular formula is C8H14N. The molecule has 0 aromatic carbocycles. The Hall–Kier alpha value is -0.480. The highest BCUT2D eigenvalue weighted by atomic mass is 14.8. The Balaban J connectivity index is 3.23. The molecule has 1 atom stereocenters. The maximum absolute atomic E-state index is 6.83. The predicted octanol–water partition coefficient (Wildman–Crippen LogP) is 1.35. The van der Waals surface area contributed by atoms with Crippen molar-refractivity contribution in [1.29, 1.82) is 0 Å². The van der Waals surface area contributed by atoms with Crippen LogP contribution in [0.25, 0.3) is 0 Å². The third-order valence-corrected chi connectivity index (χ3v) is 1.37. The Kier molecular flexibility index (Phi) is 5.35. The zero-order valence-electron chi connectivity index (χ0n) is 6.20. The summed E-state index contributed by atoms with van der Waals surface area (Å²) < 4.78 is 0. The van der Waals surface area contributed by atoms with Crippen LogP contribution in [0.2, 0.25) is 0 Å². The number of nitrogens with one attached hydrogen (secondary N) is 1. The van der Waals surface area contributed by atoms with E-state index in [0.29, 0.717) is 0 Å². The first kappa shape index (κ1) is 8.52. The van der Waals surface area contributed by atoms with Gasteiger partial charge in [0.15, 0.2) is 0 Å². The Morgan fingerprint density at radius 3 is 2.67 bits per heavy atom. The van der Waals surface area contributed by atoms with E-state index in [9.17, 15) is 0 Å². The van der Waals surface area contributed by atoms with Crippen molar-refractivity contribution in [1.82, 2.24) is 5.32 Å². The summed E-state index contributed by atoms with van der Waals surface area (Å²) in [6.07, 6.45) is 10.2. The largest absolute Gasteiger partial charge is 0.307 e. The quantitative estimate of drug-likeness (QED) is 0.558. The van der Waals surface area contributed by atoms with Crippen LogP contribution in [0.3, 0.4) is 0 Å². The lowest BCUT2D eigenvalue weighted by atomic mass is 10.1. The van der Waals surface area contributed by atoms with Crippen molar-refractivity contribution >= 4 is 0 Å². The van der Waals surface area contributed by atoms with Crippen LogP contribution < -0.4 is 5.32 Å². The summed E-state index contributed by atoms with van der Waals surface area (Å²) in [5.41, 5.74) is 0. The lowest BCUT2D eigenvalue weighted by Gasteiger charge is -2.05. The first-order valence-corrected chi connectivity index (χ1v) is 3.44. The van der Waals surface area contributed by atoms with Crippen LogP contribution in [-0.4, -0.2) is 13.1 Å². The normalized spacial score (nSPS) is 12.6. The molecule has 1 heteroatoms.